The normalized spacial score (nSPS) is 15.1. The first-order valence-electron chi connectivity index (χ1n) is 8.22. The molecule has 8 heteroatoms. The van der Waals surface area contributed by atoms with Crippen LogP contribution < -0.4 is 10.1 Å². The van der Waals surface area contributed by atoms with E-state index in [4.69, 9.17) is 15.9 Å². The molecule has 0 unspecified atom stereocenters. The topological polar surface area (TPSA) is 84.9 Å². The van der Waals surface area contributed by atoms with E-state index in [2.05, 4.69) is 11.2 Å². The first-order valence-corrected chi connectivity index (χ1v) is 9.04. The lowest BCUT2D eigenvalue weighted by molar-refractivity contribution is -0.129. The largest absolute Gasteiger partial charge is 0.481 e. The van der Waals surface area contributed by atoms with E-state index in [1.807, 2.05) is 0 Å². The maximum atomic E-state index is 12.4. The molecule has 0 saturated carbocycles. The van der Waals surface area contributed by atoms with Gasteiger partial charge in [0, 0.05) is 20.3 Å². The number of benzene rings is 1. The maximum absolute atomic E-state index is 12.4. The number of ether oxygens (including phenoxy) is 2. The number of amides is 3. The molecule has 0 aliphatic carbocycles. The predicted octanol–water partition coefficient (Wildman–Crippen LogP) is 1.89. The SMILES string of the molecule is C#CCOc1ccc(/C=C2\SC(=O)N(CC(=O)NCCCOC)C2=O)cc1. The molecule has 142 valence electrons. The zero-order valence-electron chi connectivity index (χ0n) is 14.9. The Kier molecular flexibility index (Phi) is 7.92. The average Bonchev–Trinajstić information content (AvgIpc) is 2.92. The minimum Gasteiger partial charge on any atom is -0.481 e. The third-order valence-corrected chi connectivity index (χ3v) is 4.43. The van der Waals surface area contributed by atoms with Gasteiger partial charge in [0.15, 0.2) is 0 Å². The summed E-state index contributed by atoms with van der Waals surface area (Å²) in [4.78, 5) is 37.6. The molecule has 1 N–H and O–H groups in total. The van der Waals surface area contributed by atoms with Crippen molar-refractivity contribution in [3.8, 4) is 18.1 Å². The molecular weight excluding hydrogens is 368 g/mol. The number of carbonyl (C=O) groups excluding carboxylic acids is 3. The summed E-state index contributed by atoms with van der Waals surface area (Å²) in [7, 11) is 1.58. The van der Waals surface area contributed by atoms with Gasteiger partial charge >= 0.3 is 0 Å². The highest BCUT2D eigenvalue weighted by molar-refractivity contribution is 8.18. The summed E-state index contributed by atoms with van der Waals surface area (Å²) >= 11 is 0.809. The fourth-order valence-electron chi connectivity index (χ4n) is 2.22. The molecule has 1 fully saturated rings. The van der Waals surface area contributed by atoms with E-state index in [0.29, 0.717) is 25.3 Å². The Hall–Kier alpha value is -2.76. The zero-order chi connectivity index (χ0) is 19.6. The van der Waals surface area contributed by atoms with Crippen molar-refractivity contribution in [2.45, 2.75) is 6.42 Å². The fourth-order valence-corrected chi connectivity index (χ4v) is 3.06. The van der Waals surface area contributed by atoms with Gasteiger partial charge in [-0.2, -0.15) is 0 Å². The van der Waals surface area contributed by atoms with Crippen molar-refractivity contribution < 1.29 is 23.9 Å². The van der Waals surface area contributed by atoms with E-state index < -0.39 is 11.1 Å². The molecule has 1 aliphatic heterocycles. The van der Waals surface area contributed by atoms with E-state index in [0.717, 1.165) is 22.2 Å². The third kappa shape index (κ3) is 6.16. The molecular formula is C19H20N2O5S. The fraction of sp³-hybridized carbons (Fsp3) is 0.316. The van der Waals surface area contributed by atoms with Crippen LogP contribution in [0.15, 0.2) is 29.2 Å². The molecule has 1 saturated heterocycles. The van der Waals surface area contributed by atoms with Gasteiger partial charge in [-0.25, -0.2) is 0 Å². The van der Waals surface area contributed by atoms with Crippen molar-refractivity contribution in [3.05, 3.63) is 34.7 Å². The van der Waals surface area contributed by atoms with Crippen molar-refractivity contribution in [1.82, 2.24) is 10.2 Å². The lowest BCUT2D eigenvalue weighted by atomic mass is 10.2. The van der Waals surface area contributed by atoms with Gasteiger partial charge in [-0.3, -0.25) is 19.3 Å². The molecule has 2 rings (SSSR count). The number of nitrogens with zero attached hydrogens (tertiary/aromatic N) is 1. The van der Waals surface area contributed by atoms with Crippen LogP contribution in [-0.4, -0.2) is 55.4 Å². The summed E-state index contributed by atoms with van der Waals surface area (Å²) < 4.78 is 10.2. The van der Waals surface area contributed by atoms with Crippen molar-refractivity contribution >= 4 is 34.9 Å². The summed E-state index contributed by atoms with van der Waals surface area (Å²) in [6.07, 6.45) is 7.40. The molecule has 7 nitrogen and oxygen atoms in total. The highest BCUT2D eigenvalue weighted by Gasteiger charge is 2.36. The number of nitrogens with one attached hydrogen (secondary N) is 1. The Morgan fingerprint density at radius 2 is 2.07 bits per heavy atom. The molecule has 1 heterocycles. The van der Waals surface area contributed by atoms with Crippen LogP contribution in [0.1, 0.15) is 12.0 Å². The van der Waals surface area contributed by atoms with E-state index in [1.165, 1.54) is 0 Å². The van der Waals surface area contributed by atoms with Gasteiger partial charge in [-0.05, 0) is 42.0 Å². The molecule has 27 heavy (non-hydrogen) atoms. The number of rotatable bonds is 9. The van der Waals surface area contributed by atoms with Crippen LogP contribution in [0.5, 0.6) is 5.75 Å². The van der Waals surface area contributed by atoms with Crippen LogP contribution in [0, 0.1) is 12.3 Å². The number of hydrogen-bond donors (Lipinski definition) is 1. The van der Waals surface area contributed by atoms with Crippen LogP contribution in [0.25, 0.3) is 6.08 Å². The Labute approximate surface area is 162 Å². The molecule has 1 aromatic rings. The second kappa shape index (κ2) is 10.4. The maximum Gasteiger partial charge on any atom is 0.294 e. The molecule has 0 aromatic heterocycles. The third-order valence-electron chi connectivity index (χ3n) is 3.52. The lowest BCUT2D eigenvalue weighted by Crippen LogP contribution is -2.39. The molecule has 0 radical (unpaired) electrons. The number of thioether (sulfide) groups is 1. The second-order valence-electron chi connectivity index (χ2n) is 5.53. The summed E-state index contributed by atoms with van der Waals surface area (Å²) in [5.74, 6) is 2.12. The number of carbonyl (C=O) groups is 3. The van der Waals surface area contributed by atoms with E-state index >= 15 is 0 Å². The molecule has 0 atom stereocenters. The first-order chi connectivity index (χ1) is 13.0. The summed E-state index contributed by atoms with van der Waals surface area (Å²) in [5.41, 5.74) is 0.734. The van der Waals surface area contributed by atoms with Gasteiger partial charge in [-0.1, -0.05) is 18.1 Å². The monoisotopic (exact) mass is 388 g/mol. The quantitative estimate of drug-likeness (QED) is 0.395. The summed E-state index contributed by atoms with van der Waals surface area (Å²) in [6.45, 7) is 0.823. The first kappa shape index (κ1) is 20.6. The minimum atomic E-state index is -0.482. The Balaban J connectivity index is 1.95. The van der Waals surface area contributed by atoms with Gasteiger partial charge in [0.1, 0.15) is 18.9 Å². The van der Waals surface area contributed by atoms with Crippen molar-refractivity contribution in [3.63, 3.8) is 0 Å². The van der Waals surface area contributed by atoms with Gasteiger partial charge in [0.05, 0.1) is 4.91 Å². The molecule has 0 spiro atoms. The van der Waals surface area contributed by atoms with Crippen LogP contribution in [0.2, 0.25) is 0 Å². The van der Waals surface area contributed by atoms with Crippen LogP contribution in [0.4, 0.5) is 4.79 Å². The number of hydrogen-bond acceptors (Lipinski definition) is 6. The zero-order valence-corrected chi connectivity index (χ0v) is 15.7. The van der Waals surface area contributed by atoms with Gasteiger partial charge in [0.2, 0.25) is 5.91 Å². The van der Waals surface area contributed by atoms with Gasteiger partial charge < -0.3 is 14.8 Å². The van der Waals surface area contributed by atoms with Gasteiger partial charge in [-0.15, -0.1) is 6.42 Å². The molecule has 1 aromatic carbocycles. The van der Waals surface area contributed by atoms with Crippen molar-refractivity contribution in [1.29, 1.82) is 0 Å². The molecule has 3 amide bonds. The van der Waals surface area contributed by atoms with E-state index in [1.54, 1.807) is 37.5 Å². The number of imide groups is 1. The number of methoxy groups -OCH3 is 1. The minimum absolute atomic E-state index is 0.172. The standard InChI is InChI=1S/C19H20N2O5S/c1-3-10-26-15-7-5-14(6-8-15)12-16-18(23)21(19(24)27-16)13-17(22)20-9-4-11-25-2/h1,5-8,12H,4,9-11,13H2,2H3,(H,20,22)/b16-12-. The van der Waals surface area contributed by atoms with Crippen molar-refractivity contribution in [2.75, 3.05) is 33.4 Å². The summed E-state index contributed by atoms with van der Waals surface area (Å²) in [5, 5.41) is 2.19. The second-order valence-corrected chi connectivity index (χ2v) is 6.52. The lowest BCUT2D eigenvalue weighted by Gasteiger charge is -2.12. The Morgan fingerprint density at radius 3 is 2.74 bits per heavy atom. The summed E-state index contributed by atoms with van der Waals surface area (Å²) in [6, 6.07) is 6.95. The molecule has 0 bridgehead atoms. The van der Waals surface area contributed by atoms with Crippen molar-refractivity contribution in [2.24, 2.45) is 0 Å². The van der Waals surface area contributed by atoms with Crippen LogP contribution >= 0.6 is 11.8 Å². The van der Waals surface area contributed by atoms with Crippen LogP contribution in [-0.2, 0) is 14.3 Å². The number of terminal acetylenes is 1. The smallest absolute Gasteiger partial charge is 0.294 e. The highest BCUT2D eigenvalue weighted by atomic mass is 32.2. The average molecular weight is 388 g/mol. The Morgan fingerprint density at radius 1 is 1.33 bits per heavy atom. The predicted molar refractivity (Wildman–Crippen MR) is 103 cm³/mol. The van der Waals surface area contributed by atoms with E-state index in [9.17, 15) is 14.4 Å². The van der Waals surface area contributed by atoms with E-state index in [-0.39, 0.29) is 24.0 Å². The van der Waals surface area contributed by atoms with Gasteiger partial charge in [0.25, 0.3) is 11.1 Å². The molecule has 1 aliphatic rings. The van der Waals surface area contributed by atoms with Crippen LogP contribution in [0.3, 0.4) is 0 Å². The highest BCUT2D eigenvalue weighted by Crippen LogP contribution is 2.32. The Bertz CT molecular complexity index is 767.